The van der Waals surface area contributed by atoms with E-state index in [2.05, 4.69) is 10.6 Å². The number of carbonyl (C=O) groups is 2. The molecule has 6 nitrogen and oxygen atoms in total. The van der Waals surface area contributed by atoms with Crippen LogP contribution in [0.15, 0.2) is 0 Å². The standard InChI is InChI=1S/C9H19N3O3/c1-15-7-6-12-9(14)3-5-11-4-2-8(10)13/h11H,2-7H2,1H3,(H2,10,13)(H,12,14). The van der Waals surface area contributed by atoms with Gasteiger partial charge in [0, 0.05) is 39.6 Å². The smallest absolute Gasteiger partial charge is 0.221 e. The van der Waals surface area contributed by atoms with Gasteiger partial charge >= 0.3 is 0 Å². The molecule has 0 aromatic heterocycles. The molecule has 0 saturated heterocycles. The molecule has 0 fully saturated rings. The fraction of sp³-hybridized carbons (Fsp3) is 0.778. The molecule has 88 valence electrons. The maximum atomic E-state index is 11.1. The van der Waals surface area contributed by atoms with Gasteiger partial charge in [0.25, 0.3) is 0 Å². The van der Waals surface area contributed by atoms with Gasteiger partial charge in [0.15, 0.2) is 0 Å². The second kappa shape index (κ2) is 9.42. The van der Waals surface area contributed by atoms with Crippen molar-refractivity contribution >= 4 is 11.8 Å². The summed E-state index contributed by atoms with van der Waals surface area (Å²) in [7, 11) is 1.58. The predicted octanol–water partition coefficient (Wildman–Crippen LogP) is -1.40. The molecule has 2 amide bonds. The molecule has 0 aromatic rings. The third-order valence-electron chi connectivity index (χ3n) is 1.71. The van der Waals surface area contributed by atoms with Crippen molar-refractivity contribution in [1.82, 2.24) is 10.6 Å². The van der Waals surface area contributed by atoms with Crippen LogP contribution in [0, 0.1) is 0 Å². The Morgan fingerprint density at radius 1 is 1.20 bits per heavy atom. The first-order chi connectivity index (χ1) is 7.16. The number of primary amides is 1. The number of rotatable bonds is 9. The highest BCUT2D eigenvalue weighted by Crippen LogP contribution is 1.79. The van der Waals surface area contributed by atoms with Crippen LogP contribution in [0.1, 0.15) is 12.8 Å². The van der Waals surface area contributed by atoms with Crippen LogP contribution in [0.25, 0.3) is 0 Å². The van der Waals surface area contributed by atoms with Gasteiger partial charge in [-0.05, 0) is 0 Å². The van der Waals surface area contributed by atoms with Crippen molar-refractivity contribution in [3.05, 3.63) is 0 Å². The van der Waals surface area contributed by atoms with Crippen LogP contribution in [-0.2, 0) is 14.3 Å². The largest absolute Gasteiger partial charge is 0.383 e. The molecule has 0 radical (unpaired) electrons. The first-order valence-corrected chi connectivity index (χ1v) is 4.91. The van der Waals surface area contributed by atoms with E-state index in [1.807, 2.05) is 0 Å². The molecule has 0 aliphatic carbocycles. The molecular weight excluding hydrogens is 198 g/mol. The highest BCUT2D eigenvalue weighted by molar-refractivity contribution is 5.76. The van der Waals surface area contributed by atoms with Crippen molar-refractivity contribution in [1.29, 1.82) is 0 Å². The van der Waals surface area contributed by atoms with Gasteiger partial charge in [0.1, 0.15) is 0 Å². The van der Waals surface area contributed by atoms with Crippen molar-refractivity contribution in [2.45, 2.75) is 12.8 Å². The summed E-state index contributed by atoms with van der Waals surface area (Å²) >= 11 is 0. The highest BCUT2D eigenvalue weighted by Gasteiger charge is 1.99. The molecule has 0 rings (SSSR count). The van der Waals surface area contributed by atoms with Gasteiger partial charge in [0.05, 0.1) is 6.61 Å². The Morgan fingerprint density at radius 3 is 2.47 bits per heavy atom. The van der Waals surface area contributed by atoms with Crippen LogP contribution in [0.2, 0.25) is 0 Å². The molecule has 0 spiro atoms. The number of hydrogen-bond donors (Lipinski definition) is 3. The Morgan fingerprint density at radius 2 is 1.87 bits per heavy atom. The molecule has 4 N–H and O–H groups in total. The molecule has 6 heteroatoms. The third kappa shape index (κ3) is 10.8. The average molecular weight is 217 g/mol. The lowest BCUT2D eigenvalue weighted by atomic mass is 10.3. The minimum absolute atomic E-state index is 0.0291. The highest BCUT2D eigenvalue weighted by atomic mass is 16.5. The lowest BCUT2D eigenvalue weighted by Crippen LogP contribution is -2.31. The van der Waals surface area contributed by atoms with Gasteiger partial charge in [-0.2, -0.15) is 0 Å². The van der Waals surface area contributed by atoms with Gasteiger partial charge in [-0.25, -0.2) is 0 Å². The van der Waals surface area contributed by atoms with E-state index in [9.17, 15) is 9.59 Å². The van der Waals surface area contributed by atoms with Crippen LogP contribution in [0.5, 0.6) is 0 Å². The van der Waals surface area contributed by atoms with Crippen LogP contribution >= 0.6 is 0 Å². The average Bonchev–Trinajstić information content (AvgIpc) is 2.17. The van der Waals surface area contributed by atoms with Crippen molar-refractivity contribution in [3.63, 3.8) is 0 Å². The topological polar surface area (TPSA) is 93.4 Å². The Bertz CT molecular complexity index is 197. The molecule has 0 aromatic carbocycles. The maximum Gasteiger partial charge on any atom is 0.221 e. The summed E-state index contributed by atoms with van der Waals surface area (Å²) in [5.41, 5.74) is 4.94. The fourth-order valence-electron chi connectivity index (χ4n) is 0.919. The SMILES string of the molecule is COCCNC(=O)CCNCCC(N)=O. The summed E-state index contributed by atoms with van der Waals surface area (Å²) in [6.45, 7) is 2.10. The zero-order valence-corrected chi connectivity index (χ0v) is 9.04. The van der Waals surface area contributed by atoms with Gasteiger partial charge in [-0.15, -0.1) is 0 Å². The molecule has 0 atom stereocenters. The third-order valence-corrected chi connectivity index (χ3v) is 1.71. The Labute approximate surface area is 89.5 Å². The van der Waals surface area contributed by atoms with Crippen LogP contribution in [0.4, 0.5) is 0 Å². The summed E-state index contributed by atoms with van der Waals surface area (Å²) < 4.78 is 4.78. The monoisotopic (exact) mass is 217 g/mol. The van der Waals surface area contributed by atoms with Gasteiger partial charge in [0.2, 0.25) is 11.8 Å². The zero-order valence-electron chi connectivity index (χ0n) is 9.04. The second-order valence-corrected chi connectivity index (χ2v) is 3.06. The summed E-state index contributed by atoms with van der Waals surface area (Å²) in [5, 5.41) is 5.63. The summed E-state index contributed by atoms with van der Waals surface area (Å²) in [4.78, 5) is 21.5. The van der Waals surface area contributed by atoms with E-state index < -0.39 is 0 Å². The van der Waals surface area contributed by atoms with E-state index in [-0.39, 0.29) is 11.8 Å². The summed E-state index contributed by atoms with van der Waals surface area (Å²) in [6.07, 6.45) is 0.688. The summed E-state index contributed by atoms with van der Waals surface area (Å²) in [5.74, 6) is -0.370. The molecular formula is C9H19N3O3. The maximum absolute atomic E-state index is 11.1. The van der Waals surface area contributed by atoms with E-state index in [0.717, 1.165) is 0 Å². The predicted molar refractivity (Wildman–Crippen MR) is 56.2 cm³/mol. The van der Waals surface area contributed by atoms with Gasteiger partial charge < -0.3 is 21.1 Å². The molecule has 15 heavy (non-hydrogen) atoms. The lowest BCUT2D eigenvalue weighted by Gasteiger charge is -2.05. The summed E-state index contributed by atoms with van der Waals surface area (Å²) in [6, 6.07) is 0. The number of ether oxygens (including phenoxy) is 1. The number of carbonyl (C=O) groups excluding carboxylic acids is 2. The number of nitrogens with two attached hydrogens (primary N) is 1. The van der Waals surface area contributed by atoms with Gasteiger partial charge in [-0.1, -0.05) is 0 Å². The zero-order chi connectivity index (χ0) is 11.5. The number of amides is 2. The quantitative estimate of drug-likeness (QED) is 0.414. The van der Waals surface area contributed by atoms with Crippen molar-refractivity contribution in [2.75, 3.05) is 33.4 Å². The van der Waals surface area contributed by atoms with Crippen LogP contribution in [0.3, 0.4) is 0 Å². The van der Waals surface area contributed by atoms with E-state index in [4.69, 9.17) is 10.5 Å². The van der Waals surface area contributed by atoms with E-state index in [1.165, 1.54) is 0 Å². The number of nitrogens with one attached hydrogen (secondary N) is 2. The second-order valence-electron chi connectivity index (χ2n) is 3.06. The van der Waals surface area contributed by atoms with Crippen LogP contribution < -0.4 is 16.4 Å². The van der Waals surface area contributed by atoms with Crippen molar-refractivity contribution < 1.29 is 14.3 Å². The molecule has 0 saturated carbocycles. The molecule has 0 heterocycles. The first-order valence-electron chi connectivity index (χ1n) is 4.91. The molecule has 0 aliphatic heterocycles. The molecule has 0 unspecified atom stereocenters. The van der Waals surface area contributed by atoms with E-state index >= 15 is 0 Å². The van der Waals surface area contributed by atoms with Crippen molar-refractivity contribution in [3.8, 4) is 0 Å². The van der Waals surface area contributed by atoms with Crippen molar-refractivity contribution in [2.24, 2.45) is 5.73 Å². The van der Waals surface area contributed by atoms with E-state index in [1.54, 1.807) is 7.11 Å². The number of hydrogen-bond acceptors (Lipinski definition) is 4. The minimum atomic E-state index is -0.341. The Balaban J connectivity index is 3.20. The normalized spacial score (nSPS) is 9.93. The fourth-order valence-corrected chi connectivity index (χ4v) is 0.919. The molecule has 0 aliphatic rings. The Kier molecular flexibility index (Phi) is 8.70. The minimum Gasteiger partial charge on any atom is -0.383 e. The van der Waals surface area contributed by atoms with Gasteiger partial charge in [-0.3, -0.25) is 9.59 Å². The first kappa shape index (κ1) is 13.9. The Hall–Kier alpha value is -1.14. The number of methoxy groups -OCH3 is 1. The lowest BCUT2D eigenvalue weighted by molar-refractivity contribution is -0.121. The molecule has 0 bridgehead atoms. The van der Waals surface area contributed by atoms with Crippen LogP contribution in [-0.4, -0.2) is 45.2 Å². The van der Waals surface area contributed by atoms with E-state index in [0.29, 0.717) is 39.1 Å².